The zero-order chi connectivity index (χ0) is 37.1. The van der Waals surface area contributed by atoms with Crippen molar-refractivity contribution in [2.45, 2.75) is 116 Å². The molecule has 0 aliphatic heterocycles. The van der Waals surface area contributed by atoms with Gasteiger partial charge >= 0.3 is 25.7 Å². The van der Waals surface area contributed by atoms with E-state index in [-0.39, 0.29) is 19.4 Å². The molecule has 0 heterocycles. The van der Waals surface area contributed by atoms with Crippen molar-refractivity contribution in [3.63, 3.8) is 0 Å². The first-order chi connectivity index (χ1) is 24.1. The van der Waals surface area contributed by atoms with Gasteiger partial charge in [0.25, 0.3) is 0 Å². The van der Waals surface area contributed by atoms with Gasteiger partial charge in [-0.2, -0.15) is 0 Å². The van der Waals surface area contributed by atoms with Gasteiger partial charge in [-0.05, 0) is 51.4 Å². The van der Waals surface area contributed by atoms with Crippen LogP contribution in [0.5, 0.6) is 0 Å². The Morgan fingerprint density at radius 1 is 0.620 bits per heavy atom. The third-order valence-electron chi connectivity index (χ3n) is 6.79. The minimum absolute atomic E-state index is 0.105. The number of nitrogens with two attached hydrogens (primary N) is 1. The predicted octanol–water partition coefficient (Wildman–Crippen LogP) is 8.38. The van der Waals surface area contributed by atoms with Crippen LogP contribution in [-0.4, -0.2) is 59.9 Å². The smallest absolute Gasteiger partial charge is 0.472 e. The second-order valence-corrected chi connectivity index (χ2v) is 12.8. The number of hydrogen-bond acceptors (Lipinski definition) is 9. The number of unbranched alkanes of at least 4 members (excludes halogenated alkanes) is 8. The van der Waals surface area contributed by atoms with E-state index in [0.29, 0.717) is 12.8 Å². The van der Waals surface area contributed by atoms with Crippen molar-refractivity contribution in [2.24, 2.45) is 5.73 Å². The lowest BCUT2D eigenvalue weighted by Crippen LogP contribution is -2.34. The summed E-state index contributed by atoms with van der Waals surface area (Å²) in [6.45, 7) is 2.41. The Morgan fingerprint density at radius 3 is 1.60 bits per heavy atom. The second-order valence-electron chi connectivity index (χ2n) is 11.4. The molecule has 12 heteroatoms. The van der Waals surface area contributed by atoms with Crippen molar-refractivity contribution in [3.8, 4) is 0 Å². The number of aliphatic carboxylic acids is 1. The average Bonchev–Trinajstić information content (AvgIpc) is 3.09. The summed E-state index contributed by atoms with van der Waals surface area (Å²) in [6, 6.07) is -1.53. The van der Waals surface area contributed by atoms with Crippen LogP contribution in [0.3, 0.4) is 0 Å². The molecule has 2 unspecified atom stereocenters. The maximum Gasteiger partial charge on any atom is 0.472 e. The topological polar surface area (TPSA) is 172 Å². The van der Waals surface area contributed by atoms with Gasteiger partial charge in [0, 0.05) is 12.8 Å². The summed E-state index contributed by atoms with van der Waals surface area (Å²) in [4.78, 5) is 45.6. The van der Waals surface area contributed by atoms with E-state index in [4.69, 9.17) is 24.8 Å². The zero-order valence-corrected chi connectivity index (χ0v) is 30.8. The van der Waals surface area contributed by atoms with E-state index in [1.807, 2.05) is 60.8 Å². The van der Waals surface area contributed by atoms with Crippen LogP contribution in [0.4, 0.5) is 0 Å². The van der Waals surface area contributed by atoms with Crippen LogP contribution in [-0.2, 0) is 37.5 Å². The Hall–Kier alpha value is -3.34. The number of carbonyl (C=O) groups is 3. The summed E-state index contributed by atoms with van der Waals surface area (Å²) in [6.07, 6.45) is 38.1. The molecule has 282 valence electrons. The van der Waals surface area contributed by atoms with Crippen LogP contribution in [0.15, 0.2) is 85.1 Å². The lowest BCUT2D eigenvalue weighted by atomic mass is 10.1. The lowest BCUT2D eigenvalue weighted by molar-refractivity contribution is -0.161. The van der Waals surface area contributed by atoms with Gasteiger partial charge in [-0.25, -0.2) is 4.57 Å². The Morgan fingerprint density at radius 2 is 1.06 bits per heavy atom. The molecular formula is C38H60NO10P. The van der Waals surface area contributed by atoms with Gasteiger partial charge in [0.05, 0.1) is 13.2 Å². The highest BCUT2D eigenvalue weighted by molar-refractivity contribution is 7.47. The fourth-order valence-electron chi connectivity index (χ4n) is 4.01. The highest BCUT2D eigenvalue weighted by Gasteiger charge is 2.28. The lowest BCUT2D eigenvalue weighted by Gasteiger charge is -2.20. The highest BCUT2D eigenvalue weighted by atomic mass is 31.2. The molecule has 0 bridgehead atoms. The molecular weight excluding hydrogens is 661 g/mol. The molecule has 0 aromatic carbocycles. The number of allylic oxidation sites excluding steroid dienone is 14. The van der Waals surface area contributed by atoms with E-state index in [9.17, 15) is 23.8 Å². The monoisotopic (exact) mass is 721 g/mol. The van der Waals surface area contributed by atoms with Crippen molar-refractivity contribution < 1.29 is 47.5 Å². The number of phosphoric ester groups is 1. The average molecular weight is 722 g/mol. The van der Waals surface area contributed by atoms with Crippen LogP contribution in [0.25, 0.3) is 0 Å². The molecule has 0 fully saturated rings. The summed E-state index contributed by atoms with van der Waals surface area (Å²) in [5.74, 6) is -2.48. The molecule has 0 saturated carbocycles. The molecule has 11 nitrogen and oxygen atoms in total. The normalized spacial score (nSPS) is 15.0. The molecule has 0 spiro atoms. The van der Waals surface area contributed by atoms with E-state index < -0.39 is 51.1 Å². The van der Waals surface area contributed by atoms with E-state index in [2.05, 4.69) is 42.7 Å². The molecule has 0 aliphatic rings. The Bertz CT molecular complexity index is 1170. The quantitative estimate of drug-likeness (QED) is 0.0272. The van der Waals surface area contributed by atoms with Gasteiger partial charge < -0.3 is 25.2 Å². The molecule has 0 aromatic rings. The molecule has 0 aliphatic carbocycles. The largest absolute Gasteiger partial charge is 0.480 e. The predicted molar refractivity (Wildman–Crippen MR) is 198 cm³/mol. The molecule has 0 amide bonds. The fourth-order valence-corrected chi connectivity index (χ4v) is 4.79. The molecule has 0 aromatic heterocycles. The van der Waals surface area contributed by atoms with Gasteiger partial charge in [-0.1, -0.05) is 125 Å². The first-order valence-corrected chi connectivity index (χ1v) is 19.2. The Labute approximate surface area is 299 Å². The van der Waals surface area contributed by atoms with E-state index in [1.54, 1.807) is 0 Å². The highest BCUT2D eigenvalue weighted by Crippen LogP contribution is 2.43. The maximum atomic E-state index is 12.5. The van der Waals surface area contributed by atoms with E-state index >= 15 is 0 Å². The summed E-state index contributed by atoms with van der Waals surface area (Å²) < 4.78 is 32.4. The van der Waals surface area contributed by atoms with Gasteiger partial charge in [-0.3, -0.25) is 23.4 Å². The molecule has 0 saturated heterocycles. The number of carboxylic acid groups (broad SMARTS) is 1. The summed E-state index contributed by atoms with van der Waals surface area (Å²) in [5, 5.41) is 8.84. The standard InChI is InChI=1S/C38H60NO10P/c1-3-5-7-9-11-13-15-17-19-21-23-25-27-29-36(40)46-31-34(32-47-50(44,45)48-33-35(39)38(42)43)49-37(41)30-28-26-24-22-20-18-16-14-12-10-8-6-4-2/h5-16,18,20,34-35H,3-4,17,19,21-33,39H2,1-2H3,(H,42,43)(H,44,45)/b7-5+,8-6+,11-9+,12-10+,15-13+,16-14+,20-18+/t34?,35-/m0/s1. The first kappa shape index (κ1) is 46.7. The Kier molecular flexibility index (Phi) is 30.6. The fraction of sp³-hybridized carbons (Fsp3) is 0.553. The van der Waals surface area contributed by atoms with Gasteiger partial charge in [-0.15, -0.1) is 0 Å². The second kappa shape index (κ2) is 32.8. The molecule has 3 atom stereocenters. The third kappa shape index (κ3) is 31.9. The summed E-state index contributed by atoms with van der Waals surface area (Å²) >= 11 is 0. The summed E-state index contributed by atoms with van der Waals surface area (Å²) in [5.41, 5.74) is 5.30. The van der Waals surface area contributed by atoms with E-state index in [1.165, 1.54) is 0 Å². The molecule has 0 radical (unpaired) electrons. The zero-order valence-electron chi connectivity index (χ0n) is 29.9. The van der Waals surface area contributed by atoms with Crippen LogP contribution in [0.2, 0.25) is 0 Å². The number of rotatable bonds is 31. The Balaban J connectivity index is 4.61. The van der Waals surface area contributed by atoms with Crippen LogP contribution < -0.4 is 5.73 Å². The van der Waals surface area contributed by atoms with Gasteiger partial charge in [0.2, 0.25) is 0 Å². The van der Waals surface area contributed by atoms with Crippen molar-refractivity contribution >= 4 is 25.7 Å². The maximum absolute atomic E-state index is 12.5. The summed E-state index contributed by atoms with van der Waals surface area (Å²) in [7, 11) is -4.73. The molecule has 0 rings (SSSR count). The van der Waals surface area contributed by atoms with Crippen LogP contribution >= 0.6 is 7.82 Å². The van der Waals surface area contributed by atoms with Gasteiger partial charge in [0.15, 0.2) is 6.10 Å². The van der Waals surface area contributed by atoms with E-state index in [0.717, 1.165) is 64.2 Å². The van der Waals surface area contributed by atoms with Crippen LogP contribution in [0, 0.1) is 0 Å². The number of ether oxygens (including phenoxy) is 2. The first-order valence-electron chi connectivity index (χ1n) is 17.7. The minimum Gasteiger partial charge on any atom is -0.480 e. The van der Waals surface area contributed by atoms with Crippen molar-refractivity contribution in [3.05, 3.63) is 85.1 Å². The minimum atomic E-state index is -4.73. The molecule has 4 N–H and O–H groups in total. The number of esters is 2. The van der Waals surface area contributed by atoms with Crippen LogP contribution in [0.1, 0.15) is 104 Å². The SMILES string of the molecule is CC/C=C/C=C/C=C/C=C/CCCCCC(=O)OC(COC(=O)CCCCCCC/C=C/C=C/C=C/CC)COP(=O)(O)OC[C@H](N)C(=O)O. The number of carbonyl (C=O) groups excluding carboxylic acids is 2. The van der Waals surface area contributed by atoms with Crippen molar-refractivity contribution in [1.29, 1.82) is 0 Å². The van der Waals surface area contributed by atoms with Gasteiger partial charge in [0.1, 0.15) is 12.6 Å². The number of phosphoric acid groups is 1. The number of hydrogen-bond donors (Lipinski definition) is 3. The third-order valence-corrected chi connectivity index (χ3v) is 7.75. The van der Waals surface area contributed by atoms with Crippen molar-refractivity contribution in [1.82, 2.24) is 0 Å². The van der Waals surface area contributed by atoms with Crippen molar-refractivity contribution in [2.75, 3.05) is 19.8 Å². The molecule has 50 heavy (non-hydrogen) atoms. The number of carboxylic acids is 1.